The number of para-hydroxylation sites is 1. The molecule has 1 N–H and O–H groups in total. The van der Waals surface area contributed by atoms with Crippen LogP contribution in [0, 0.1) is 0 Å². The number of carbonyl (C=O) groups is 1. The predicted octanol–water partition coefficient (Wildman–Crippen LogP) is 2.39. The molecule has 0 fully saturated rings. The molecule has 4 heteroatoms. The van der Waals surface area contributed by atoms with Gasteiger partial charge in [-0.25, -0.2) is 4.79 Å². The summed E-state index contributed by atoms with van der Waals surface area (Å²) in [5.41, 5.74) is 0.836. The number of rotatable bonds is 2. The SMILES string of the molecule is CCC(C)NC(=O)n1ncc2ccccc21. The quantitative estimate of drug-likeness (QED) is 0.839. The minimum atomic E-state index is -0.171. The van der Waals surface area contributed by atoms with Gasteiger partial charge in [-0.2, -0.15) is 9.78 Å². The van der Waals surface area contributed by atoms with E-state index in [1.54, 1.807) is 6.20 Å². The van der Waals surface area contributed by atoms with Crippen LogP contribution in [0.4, 0.5) is 4.79 Å². The summed E-state index contributed by atoms with van der Waals surface area (Å²) >= 11 is 0. The van der Waals surface area contributed by atoms with Crippen molar-refractivity contribution in [1.82, 2.24) is 15.1 Å². The van der Waals surface area contributed by atoms with Crippen molar-refractivity contribution in [3.05, 3.63) is 30.5 Å². The average Bonchev–Trinajstić information content (AvgIpc) is 2.72. The first-order valence-corrected chi connectivity index (χ1v) is 5.46. The number of fused-ring (bicyclic) bond motifs is 1. The molecule has 0 saturated carbocycles. The van der Waals surface area contributed by atoms with Crippen LogP contribution in [0.1, 0.15) is 20.3 Å². The van der Waals surface area contributed by atoms with E-state index in [9.17, 15) is 4.79 Å². The van der Waals surface area contributed by atoms with Crippen LogP contribution in [0.3, 0.4) is 0 Å². The number of nitrogens with zero attached hydrogens (tertiary/aromatic N) is 2. The van der Waals surface area contributed by atoms with Crippen molar-refractivity contribution in [1.29, 1.82) is 0 Å². The molecule has 0 radical (unpaired) electrons. The summed E-state index contributed by atoms with van der Waals surface area (Å²) in [4.78, 5) is 11.9. The molecule has 1 aromatic carbocycles. The average molecular weight is 217 g/mol. The van der Waals surface area contributed by atoms with Gasteiger partial charge in [0.25, 0.3) is 0 Å². The molecule has 4 nitrogen and oxygen atoms in total. The van der Waals surface area contributed by atoms with Gasteiger partial charge in [0.2, 0.25) is 0 Å². The third-order valence-corrected chi connectivity index (χ3v) is 2.65. The van der Waals surface area contributed by atoms with Gasteiger partial charge >= 0.3 is 6.03 Å². The zero-order valence-corrected chi connectivity index (χ0v) is 9.47. The first kappa shape index (κ1) is 10.7. The lowest BCUT2D eigenvalue weighted by atomic mass is 10.2. The van der Waals surface area contributed by atoms with Crippen molar-refractivity contribution in [3.8, 4) is 0 Å². The minimum Gasteiger partial charge on any atom is -0.334 e. The second-order valence-corrected chi connectivity index (χ2v) is 3.87. The number of hydrogen-bond acceptors (Lipinski definition) is 2. The topological polar surface area (TPSA) is 46.9 Å². The van der Waals surface area contributed by atoms with Gasteiger partial charge in [-0.15, -0.1) is 0 Å². The van der Waals surface area contributed by atoms with E-state index in [4.69, 9.17) is 0 Å². The van der Waals surface area contributed by atoms with E-state index >= 15 is 0 Å². The van der Waals surface area contributed by atoms with Gasteiger partial charge in [-0.3, -0.25) is 0 Å². The lowest BCUT2D eigenvalue weighted by molar-refractivity contribution is 0.237. The molecule has 84 valence electrons. The molecular formula is C12H15N3O. The van der Waals surface area contributed by atoms with E-state index in [-0.39, 0.29) is 12.1 Å². The highest BCUT2D eigenvalue weighted by molar-refractivity contribution is 5.89. The summed E-state index contributed by atoms with van der Waals surface area (Å²) in [6.07, 6.45) is 2.61. The number of nitrogens with one attached hydrogen (secondary N) is 1. The zero-order chi connectivity index (χ0) is 11.5. The van der Waals surface area contributed by atoms with Crippen molar-refractivity contribution in [2.45, 2.75) is 26.3 Å². The Morgan fingerprint density at radius 1 is 1.50 bits per heavy atom. The molecule has 2 rings (SSSR count). The summed E-state index contributed by atoms with van der Waals surface area (Å²) in [6, 6.07) is 7.65. The summed E-state index contributed by atoms with van der Waals surface area (Å²) in [6.45, 7) is 4.01. The highest BCUT2D eigenvalue weighted by Crippen LogP contribution is 2.12. The molecule has 1 amide bonds. The first-order valence-electron chi connectivity index (χ1n) is 5.46. The molecule has 1 aromatic heterocycles. The van der Waals surface area contributed by atoms with Gasteiger partial charge in [0.15, 0.2) is 0 Å². The molecule has 0 bridgehead atoms. The Labute approximate surface area is 94.3 Å². The third-order valence-electron chi connectivity index (χ3n) is 2.65. The summed E-state index contributed by atoms with van der Waals surface area (Å²) in [7, 11) is 0. The van der Waals surface area contributed by atoms with E-state index in [1.165, 1.54) is 4.68 Å². The number of amides is 1. The monoisotopic (exact) mass is 217 g/mol. The summed E-state index contributed by atoms with van der Waals surface area (Å²) < 4.78 is 1.40. The molecule has 0 aliphatic rings. The maximum absolute atomic E-state index is 11.9. The van der Waals surface area contributed by atoms with Crippen LogP contribution < -0.4 is 5.32 Å². The van der Waals surface area contributed by atoms with Crippen LogP contribution in [0.5, 0.6) is 0 Å². The zero-order valence-electron chi connectivity index (χ0n) is 9.47. The van der Waals surface area contributed by atoms with Crippen molar-refractivity contribution in [3.63, 3.8) is 0 Å². The summed E-state index contributed by atoms with van der Waals surface area (Å²) in [5.74, 6) is 0. The van der Waals surface area contributed by atoms with Crippen molar-refractivity contribution < 1.29 is 4.79 Å². The molecule has 16 heavy (non-hydrogen) atoms. The van der Waals surface area contributed by atoms with Crippen molar-refractivity contribution in [2.75, 3.05) is 0 Å². The maximum atomic E-state index is 11.9. The second-order valence-electron chi connectivity index (χ2n) is 3.87. The van der Waals surface area contributed by atoms with Crippen LogP contribution in [-0.4, -0.2) is 21.9 Å². The Morgan fingerprint density at radius 2 is 2.25 bits per heavy atom. The Balaban J connectivity index is 2.30. The molecule has 0 aliphatic carbocycles. The fourth-order valence-electron chi connectivity index (χ4n) is 1.51. The number of carbonyl (C=O) groups excluding carboxylic acids is 1. The highest BCUT2D eigenvalue weighted by Gasteiger charge is 2.11. The Morgan fingerprint density at radius 3 is 3.00 bits per heavy atom. The standard InChI is InChI=1S/C12H15N3O/c1-3-9(2)14-12(16)15-11-7-5-4-6-10(11)8-13-15/h4-9H,3H2,1-2H3,(H,14,16). The van der Waals surface area contributed by atoms with Crippen LogP contribution in [0.2, 0.25) is 0 Å². The van der Waals surface area contributed by atoms with Crippen molar-refractivity contribution in [2.24, 2.45) is 0 Å². The Kier molecular flexibility index (Phi) is 2.90. The number of benzene rings is 1. The van der Waals surface area contributed by atoms with Gasteiger partial charge in [-0.1, -0.05) is 25.1 Å². The van der Waals surface area contributed by atoms with E-state index in [2.05, 4.69) is 10.4 Å². The minimum absolute atomic E-state index is 0.162. The fourth-order valence-corrected chi connectivity index (χ4v) is 1.51. The molecule has 0 spiro atoms. The van der Waals surface area contributed by atoms with Crippen LogP contribution >= 0.6 is 0 Å². The lowest BCUT2D eigenvalue weighted by Crippen LogP contribution is -2.35. The van der Waals surface area contributed by atoms with Gasteiger partial charge < -0.3 is 5.32 Å². The molecular weight excluding hydrogens is 202 g/mol. The molecule has 1 atom stereocenters. The molecule has 1 heterocycles. The smallest absolute Gasteiger partial charge is 0.334 e. The summed E-state index contributed by atoms with van der Waals surface area (Å²) in [5, 5.41) is 7.95. The van der Waals surface area contributed by atoms with Crippen LogP contribution in [0.15, 0.2) is 30.5 Å². The number of aromatic nitrogens is 2. The predicted molar refractivity (Wildman–Crippen MR) is 63.4 cm³/mol. The van der Waals surface area contributed by atoms with Crippen LogP contribution in [-0.2, 0) is 0 Å². The normalized spacial score (nSPS) is 12.6. The van der Waals surface area contributed by atoms with Crippen molar-refractivity contribution >= 4 is 16.9 Å². The van der Waals surface area contributed by atoms with E-state index in [1.807, 2.05) is 38.1 Å². The molecule has 2 aromatic rings. The van der Waals surface area contributed by atoms with E-state index < -0.39 is 0 Å². The second kappa shape index (κ2) is 4.35. The first-order chi connectivity index (χ1) is 7.72. The van der Waals surface area contributed by atoms with E-state index in [0.717, 1.165) is 17.3 Å². The van der Waals surface area contributed by atoms with Crippen LogP contribution in [0.25, 0.3) is 10.9 Å². The molecule has 0 aliphatic heterocycles. The van der Waals surface area contributed by atoms with Gasteiger partial charge in [-0.05, 0) is 19.4 Å². The van der Waals surface area contributed by atoms with Gasteiger partial charge in [0.1, 0.15) is 0 Å². The Hall–Kier alpha value is -1.84. The molecule has 1 unspecified atom stereocenters. The largest absolute Gasteiger partial charge is 0.342 e. The van der Waals surface area contributed by atoms with Gasteiger partial charge in [0.05, 0.1) is 11.7 Å². The maximum Gasteiger partial charge on any atom is 0.342 e. The molecule has 0 saturated heterocycles. The Bertz CT molecular complexity index is 504. The van der Waals surface area contributed by atoms with E-state index in [0.29, 0.717) is 0 Å². The fraction of sp³-hybridized carbons (Fsp3) is 0.333. The number of hydrogen-bond donors (Lipinski definition) is 1. The highest BCUT2D eigenvalue weighted by atomic mass is 16.2. The lowest BCUT2D eigenvalue weighted by Gasteiger charge is -2.11. The third kappa shape index (κ3) is 1.91. The van der Waals surface area contributed by atoms with Gasteiger partial charge in [0, 0.05) is 11.4 Å².